The number of nitro groups is 1. The Morgan fingerprint density at radius 3 is 2.64 bits per heavy atom. The average molecular weight is 192 g/mol. The zero-order valence-corrected chi connectivity index (χ0v) is 8.15. The van der Waals surface area contributed by atoms with Gasteiger partial charge in [-0.3, -0.25) is 10.1 Å². The van der Waals surface area contributed by atoms with Crippen LogP contribution in [0.15, 0.2) is 30.5 Å². The number of H-pyrrole nitrogens is 1. The van der Waals surface area contributed by atoms with Gasteiger partial charge in [0.1, 0.15) is 0 Å². The van der Waals surface area contributed by atoms with Crippen molar-refractivity contribution >= 4 is 16.6 Å². The van der Waals surface area contributed by atoms with Crippen molar-refractivity contribution in [2.75, 3.05) is 0 Å². The molecule has 0 saturated heterocycles. The molecule has 0 aliphatic rings. The highest BCUT2D eigenvalue weighted by Gasteiger charge is 2.10. The fraction of sp³-hybridized carbons (Fsp3) is 0.200. The molecule has 1 aromatic carbocycles. The van der Waals surface area contributed by atoms with Gasteiger partial charge in [0.25, 0.3) is 5.69 Å². The number of nitrogens with one attached hydrogen (secondary N) is 1. The number of non-ortho nitro benzene ring substituents is 1. The molecule has 2 aromatic rings. The van der Waals surface area contributed by atoms with Crippen LogP contribution in [0.5, 0.6) is 0 Å². The summed E-state index contributed by atoms with van der Waals surface area (Å²) in [4.78, 5) is 13.0. The minimum Gasteiger partial charge on any atom is -0.361 e. The van der Waals surface area contributed by atoms with E-state index in [1.807, 2.05) is 19.9 Å². The summed E-state index contributed by atoms with van der Waals surface area (Å²) in [7, 11) is 0. The molecule has 1 heterocycles. The minimum atomic E-state index is -0.379. The first-order chi connectivity index (χ1) is 6.79. The van der Waals surface area contributed by atoms with Crippen LogP contribution in [-0.4, -0.2) is 9.91 Å². The summed E-state index contributed by atoms with van der Waals surface area (Å²) in [6, 6.07) is 6.67. The zero-order chi connectivity index (χ0) is 10.6. The number of aromatic nitrogens is 1. The van der Waals surface area contributed by atoms with E-state index in [1.165, 1.54) is 6.07 Å². The fourth-order valence-electron chi connectivity index (χ4n) is 1.23. The summed E-state index contributed by atoms with van der Waals surface area (Å²) < 4.78 is 0. The fourth-order valence-corrected chi connectivity index (χ4v) is 1.23. The largest absolute Gasteiger partial charge is 0.361 e. The van der Waals surface area contributed by atoms with E-state index in [9.17, 15) is 10.1 Å². The van der Waals surface area contributed by atoms with Crippen LogP contribution in [0.25, 0.3) is 10.9 Å². The van der Waals surface area contributed by atoms with Crippen LogP contribution in [0, 0.1) is 10.1 Å². The maximum absolute atomic E-state index is 10.5. The minimum absolute atomic E-state index is 0.147. The lowest BCUT2D eigenvalue weighted by Crippen LogP contribution is -1.87. The van der Waals surface area contributed by atoms with Gasteiger partial charge >= 0.3 is 0 Å². The SMILES string of the molecule is CC.O=[N+]([O-])c1cccc2[nH]ccc12. The van der Waals surface area contributed by atoms with Gasteiger partial charge in [0.15, 0.2) is 0 Å². The van der Waals surface area contributed by atoms with Crippen molar-refractivity contribution in [3.8, 4) is 0 Å². The molecule has 74 valence electrons. The lowest BCUT2D eigenvalue weighted by Gasteiger charge is -1.91. The van der Waals surface area contributed by atoms with Gasteiger partial charge in [-0.05, 0) is 12.1 Å². The summed E-state index contributed by atoms with van der Waals surface area (Å²) in [5.74, 6) is 0. The quantitative estimate of drug-likeness (QED) is 0.557. The Morgan fingerprint density at radius 2 is 2.00 bits per heavy atom. The van der Waals surface area contributed by atoms with Crippen LogP contribution in [-0.2, 0) is 0 Å². The van der Waals surface area contributed by atoms with Gasteiger partial charge in [0, 0.05) is 12.3 Å². The zero-order valence-electron chi connectivity index (χ0n) is 8.15. The van der Waals surface area contributed by atoms with E-state index in [1.54, 1.807) is 18.3 Å². The molecule has 1 N–H and O–H groups in total. The molecule has 0 saturated carbocycles. The molecule has 0 amide bonds. The van der Waals surface area contributed by atoms with E-state index in [0.717, 1.165) is 5.52 Å². The number of nitro benzene ring substituents is 1. The average Bonchev–Trinajstić information content (AvgIpc) is 2.67. The first kappa shape index (κ1) is 10.2. The maximum atomic E-state index is 10.5. The Bertz CT molecular complexity index is 434. The standard InChI is InChI=1S/C8H6N2O2.C2H6/c11-10(12)8-3-1-2-7-6(8)4-5-9-7;1-2/h1-5,9H;1-2H3. The van der Waals surface area contributed by atoms with Gasteiger partial charge in [-0.25, -0.2) is 0 Å². The molecule has 0 atom stereocenters. The monoisotopic (exact) mass is 192 g/mol. The van der Waals surface area contributed by atoms with Crippen LogP contribution in [0.2, 0.25) is 0 Å². The van der Waals surface area contributed by atoms with Gasteiger partial charge in [-0.1, -0.05) is 19.9 Å². The van der Waals surface area contributed by atoms with Gasteiger partial charge < -0.3 is 4.98 Å². The number of nitrogens with zero attached hydrogens (tertiary/aromatic N) is 1. The summed E-state index contributed by atoms with van der Waals surface area (Å²) >= 11 is 0. The third-order valence-corrected chi connectivity index (χ3v) is 1.77. The molecule has 4 nitrogen and oxygen atoms in total. The Balaban J connectivity index is 0.000000461. The predicted octanol–water partition coefficient (Wildman–Crippen LogP) is 3.10. The van der Waals surface area contributed by atoms with E-state index in [4.69, 9.17) is 0 Å². The third kappa shape index (κ3) is 1.74. The Labute approximate surface area is 81.7 Å². The highest BCUT2D eigenvalue weighted by atomic mass is 16.6. The topological polar surface area (TPSA) is 58.9 Å². The lowest BCUT2D eigenvalue weighted by molar-refractivity contribution is -0.383. The second-order valence-electron chi connectivity index (χ2n) is 2.47. The molecule has 0 unspecified atom stereocenters. The molecule has 14 heavy (non-hydrogen) atoms. The first-order valence-electron chi connectivity index (χ1n) is 4.49. The Morgan fingerprint density at radius 1 is 1.29 bits per heavy atom. The predicted molar refractivity (Wildman–Crippen MR) is 56.3 cm³/mol. The van der Waals surface area contributed by atoms with Crippen molar-refractivity contribution in [1.82, 2.24) is 4.98 Å². The number of rotatable bonds is 1. The molecule has 0 spiro atoms. The van der Waals surface area contributed by atoms with E-state index in [0.29, 0.717) is 5.39 Å². The van der Waals surface area contributed by atoms with Crippen LogP contribution in [0.3, 0.4) is 0 Å². The van der Waals surface area contributed by atoms with Crippen LogP contribution in [0.4, 0.5) is 5.69 Å². The normalized spacial score (nSPS) is 9.29. The maximum Gasteiger partial charge on any atom is 0.278 e. The highest BCUT2D eigenvalue weighted by molar-refractivity contribution is 5.88. The molecule has 0 fully saturated rings. The van der Waals surface area contributed by atoms with Crippen molar-refractivity contribution in [1.29, 1.82) is 0 Å². The highest BCUT2D eigenvalue weighted by Crippen LogP contribution is 2.23. The van der Waals surface area contributed by atoms with Crippen LogP contribution < -0.4 is 0 Å². The van der Waals surface area contributed by atoms with Crippen molar-refractivity contribution in [3.63, 3.8) is 0 Å². The summed E-state index contributed by atoms with van der Waals surface area (Å²) in [5, 5.41) is 11.2. The second-order valence-corrected chi connectivity index (χ2v) is 2.47. The Kier molecular flexibility index (Phi) is 3.23. The molecule has 4 heteroatoms. The number of hydrogen-bond donors (Lipinski definition) is 1. The van der Waals surface area contributed by atoms with Crippen molar-refractivity contribution in [2.45, 2.75) is 13.8 Å². The molecule has 0 aliphatic heterocycles. The van der Waals surface area contributed by atoms with E-state index < -0.39 is 0 Å². The third-order valence-electron chi connectivity index (χ3n) is 1.77. The second kappa shape index (κ2) is 4.41. The summed E-state index contributed by atoms with van der Waals surface area (Å²) in [6.45, 7) is 4.00. The summed E-state index contributed by atoms with van der Waals surface area (Å²) in [5.41, 5.74) is 0.943. The van der Waals surface area contributed by atoms with Crippen molar-refractivity contribution in [3.05, 3.63) is 40.6 Å². The van der Waals surface area contributed by atoms with Crippen LogP contribution in [0.1, 0.15) is 13.8 Å². The molecular weight excluding hydrogens is 180 g/mol. The lowest BCUT2D eigenvalue weighted by atomic mass is 10.2. The number of hydrogen-bond acceptors (Lipinski definition) is 2. The van der Waals surface area contributed by atoms with E-state index in [-0.39, 0.29) is 10.6 Å². The molecular formula is C10H12N2O2. The number of benzene rings is 1. The van der Waals surface area contributed by atoms with Crippen molar-refractivity contribution < 1.29 is 4.92 Å². The molecule has 0 bridgehead atoms. The molecule has 1 aromatic heterocycles. The summed E-state index contributed by atoms with van der Waals surface area (Å²) in [6.07, 6.45) is 1.69. The van der Waals surface area contributed by atoms with Gasteiger partial charge in [0.05, 0.1) is 15.8 Å². The molecule has 2 rings (SSSR count). The molecule has 0 aliphatic carbocycles. The smallest absolute Gasteiger partial charge is 0.278 e. The van der Waals surface area contributed by atoms with E-state index in [2.05, 4.69) is 4.98 Å². The molecule has 0 radical (unpaired) electrons. The first-order valence-corrected chi connectivity index (χ1v) is 4.49. The van der Waals surface area contributed by atoms with Crippen molar-refractivity contribution in [2.24, 2.45) is 0 Å². The van der Waals surface area contributed by atoms with Gasteiger partial charge in [0.2, 0.25) is 0 Å². The van der Waals surface area contributed by atoms with Gasteiger partial charge in [-0.15, -0.1) is 0 Å². The number of aromatic amines is 1. The van der Waals surface area contributed by atoms with E-state index >= 15 is 0 Å². The Hall–Kier alpha value is -1.84. The number of fused-ring (bicyclic) bond motifs is 1. The van der Waals surface area contributed by atoms with Gasteiger partial charge in [-0.2, -0.15) is 0 Å². The van der Waals surface area contributed by atoms with Crippen LogP contribution >= 0.6 is 0 Å².